The smallest absolute Gasteiger partial charge is 0.228 e. The summed E-state index contributed by atoms with van der Waals surface area (Å²) in [6.07, 6.45) is 5.96. The van der Waals surface area contributed by atoms with Crippen molar-refractivity contribution < 1.29 is 9.13 Å². The number of hydrogen-bond donors (Lipinski definition) is 1. The van der Waals surface area contributed by atoms with E-state index >= 15 is 0 Å². The second kappa shape index (κ2) is 12.4. The molecule has 0 aliphatic carbocycles. The Morgan fingerprint density at radius 2 is 1.57 bits per heavy atom. The summed E-state index contributed by atoms with van der Waals surface area (Å²) in [7, 11) is 0. The van der Waals surface area contributed by atoms with Crippen LogP contribution in [0.3, 0.4) is 0 Å². The third-order valence-corrected chi connectivity index (χ3v) is 8.03. The van der Waals surface area contributed by atoms with E-state index in [2.05, 4.69) is 53.8 Å². The van der Waals surface area contributed by atoms with Crippen molar-refractivity contribution in [1.29, 1.82) is 0 Å². The van der Waals surface area contributed by atoms with Crippen molar-refractivity contribution in [3.8, 4) is 11.3 Å². The number of benzene rings is 1. The van der Waals surface area contributed by atoms with Gasteiger partial charge in [-0.2, -0.15) is 4.98 Å². The molecule has 2 aromatic heterocycles. The molecule has 2 saturated heterocycles. The second-order valence-corrected chi connectivity index (χ2v) is 10.7. The molecule has 40 heavy (non-hydrogen) atoms. The minimum absolute atomic E-state index is 0.209. The van der Waals surface area contributed by atoms with Crippen molar-refractivity contribution in [3.63, 3.8) is 0 Å². The van der Waals surface area contributed by atoms with E-state index < -0.39 is 0 Å². The maximum atomic E-state index is 12.4. The first-order valence-corrected chi connectivity index (χ1v) is 14.4. The molecule has 10 nitrogen and oxygen atoms in total. The lowest BCUT2D eigenvalue weighted by Crippen LogP contribution is -2.46. The number of fused-ring (bicyclic) bond motifs is 1. The van der Waals surface area contributed by atoms with Crippen LogP contribution in [0.5, 0.6) is 0 Å². The van der Waals surface area contributed by atoms with Gasteiger partial charge in [0, 0.05) is 81.6 Å². The molecule has 0 spiro atoms. The minimum Gasteiger partial charge on any atom is -0.378 e. The zero-order chi connectivity index (χ0) is 27.3. The SMILES string of the molecule is Nc1ncc(-c2nc(N3CCOCC3)nc3c2CCN3c2ccc(CN3CCN(CCCCF)CC3)cc2)cn1. The number of aromatic nitrogens is 4. The van der Waals surface area contributed by atoms with Gasteiger partial charge in [-0.05, 0) is 43.5 Å². The molecule has 0 bridgehead atoms. The Hall–Kier alpha value is -3.41. The van der Waals surface area contributed by atoms with Crippen LogP contribution in [-0.4, -0.2) is 102 Å². The predicted molar refractivity (Wildman–Crippen MR) is 155 cm³/mol. The molecule has 2 fully saturated rings. The fourth-order valence-electron chi connectivity index (χ4n) is 5.74. The molecule has 0 atom stereocenters. The molecule has 6 rings (SSSR count). The van der Waals surface area contributed by atoms with Crippen LogP contribution >= 0.6 is 0 Å². The number of nitrogens with zero attached hydrogens (tertiary/aromatic N) is 8. The van der Waals surface area contributed by atoms with Gasteiger partial charge in [-0.25, -0.2) is 15.0 Å². The number of rotatable bonds is 9. The number of unbranched alkanes of at least 4 members (excludes halogenated alkanes) is 1. The summed E-state index contributed by atoms with van der Waals surface area (Å²) in [6, 6.07) is 8.89. The summed E-state index contributed by atoms with van der Waals surface area (Å²) in [5.41, 5.74) is 11.0. The number of alkyl halides is 1. The van der Waals surface area contributed by atoms with E-state index in [1.165, 1.54) is 5.56 Å². The summed E-state index contributed by atoms with van der Waals surface area (Å²) in [4.78, 5) is 27.9. The maximum absolute atomic E-state index is 12.4. The monoisotopic (exact) mass is 547 g/mol. The Morgan fingerprint density at radius 3 is 2.30 bits per heavy atom. The molecule has 11 heteroatoms. The lowest BCUT2D eigenvalue weighted by atomic mass is 10.1. The Morgan fingerprint density at radius 1 is 0.850 bits per heavy atom. The van der Waals surface area contributed by atoms with Crippen LogP contribution in [0.4, 0.5) is 27.8 Å². The zero-order valence-electron chi connectivity index (χ0n) is 23.0. The van der Waals surface area contributed by atoms with Crippen molar-refractivity contribution in [2.75, 3.05) is 87.8 Å². The minimum atomic E-state index is -0.209. The Kier molecular flexibility index (Phi) is 8.31. The second-order valence-electron chi connectivity index (χ2n) is 10.7. The van der Waals surface area contributed by atoms with Crippen LogP contribution in [0.2, 0.25) is 0 Å². The van der Waals surface area contributed by atoms with Gasteiger partial charge in [0.25, 0.3) is 0 Å². The van der Waals surface area contributed by atoms with E-state index in [0.717, 1.165) is 100 Å². The van der Waals surface area contributed by atoms with Crippen LogP contribution in [-0.2, 0) is 17.7 Å². The number of nitrogens with two attached hydrogens (primary N) is 1. The number of ether oxygens (including phenoxy) is 1. The van der Waals surface area contributed by atoms with Gasteiger partial charge < -0.3 is 25.2 Å². The fourth-order valence-corrected chi connectivity index (χ4v) is 5.74. The highest BCUT2D eigenvalue weighted by Crippen LogP contribution is 2.39. The molecular weight excluding hydrogens is 509 g/mol. The number of nitrogen functional groups attached to an aromatic ring is 1. The lowest BCUT2D eigenvalue weighted by Gasteiger charge is -2.34. The fraction of sp³-hybridized carbons (Fsp3) is 0.517. The number of piperazine rings is 1. The highest BCUT2D eigenvalue weighted by molar-refractivity contribution is 5.76. The van der Waals surface area contributed by atoms with Gasteiger partial charge in [0.1, 0.15) is 5.82 Å². The Labute approximate surface area is 235 Å². The molecule has 0 amide bonds. The third-order valence-electron chi connectivity index (χ3n) is 8.03. The van der Waals surface area contributed by atoms with E-state index in [9.17, 15) is 4.39 Å². The van der Waals surface area contributed by atoms with Crippen molar-refractivity contribution in [3.05, 3.63) is 47.8 Å². The van der Waals surface area contributed by atoms with E-state index in [0.29, 0.717) is 25.6 Å². The average molecular weight is 548 g/mol. The molecule has 1 aromatic carbocycles. The third kappa shape index (κ3) is 6.01. The van der Waals surface area contributed by atoms with Crippen LogP contribution in [0.15, 0.2) is 36.7 Å². The molecule has 3 aliphatic rings. The molecule has 0 saturated carbocycles. The molecular formula is C29H38FN9O. The summed E-state index contributed by atoms with van der Waals surface area (Å²) in [6.45, 7) is 9.65. The molecule has 3 aliphatic heterocycles. The van der Waals surface area contributed by atoms with Gasteiger partial charge in [-0.1, -0.05) is 12.1 Å². The Bertz CT molecular complexity index is 1260. The maximum Gasteiger partial charge on any atom is 0.228 e. The summed E-state index contributed by atoms with van der Waals surface area (Å²) in [5, 5.41) is 0. The van der Waals surface area contributed by atoms with Crippen LogP contribution < -0.4 is 15.5 Å². The zero-order valence-corrected chi connectivity index (χ0v) is 23.0. The first kappa shape index (κ1) is 26.8. The summed E-state index contributed by atoms with van der Waals surface area (Å²) in [5.74, 6) is 1.90. The number of anilines is 4. The van der Waals surface area contributed by atoms with E-state index in [-0.39, 0.29) is 12.6 Å². The number of morpholine rings is 1. The van der Waals surface area contributed by atoms with Gasteiger partial charge in [-0.3, -0.25) is 9.29 Å². The topological polar surface area (TPSA) is 99.8 Å². The molecule has 212 valence electrons. The quantitative estimate of drug-likeness (QED) is 0.403. The van der Waals surface area contributed by atoms with Crippen molar-refractivity contribution >= 4 is 23.4 Å². The Balaban J connectivity index is 1.19. The molecule has 0 radical (unpaired) electrons. The van der Waals surface area contributed by atoms with Gasteiger partial charge in [0.15, 0.2) is 0 Å². The summed E-state index contributed by atoms with van der Waals surface area (Å²) < 4.78 is 18.0. The normalized spacial score (nSPS) is 18.3. The standard InChI is InChI=1S/C29H38FN9O/c30-8-1-2-9-36-11-13-37(14-12-36)21-22-3-5-24(6-4-22)39-10-7-25-26(23-19-32-28(31)33-20-23)34-29(35-27(25)39)38-15-17-40-18-16-38/h3-6,19-20H,1-2,7-18,21H2,(H2,31,32,33). The van der Waals surface area contributed by atoms with E-state index in [4.69, 9.17) is 20.4 Å². The molecule has 0 unspecified atom stereocenters. The van der Waals surface area contributed by atoms with Gasteiger partial charge in [0.05, 0.1) is 25.6 Å². The van der Waals surface area contributed by atoms with Crippen molar-refractivity contribution in [2.24, 2.45) is 0 Å². The van der Waals surface area contributed by atoms with Crippen LogP contribution in [0, 0.1) is 0 Å². The summed E-state index contributed by atoms with van der Waals surface area (Å²) >= 11 is 0. The first-order chi connectivity index (χ1) is 19.7. The molecule has 5 heterocycles. The first-order valence-electron chi connectivity index (χ1n) is 14.4. The number of hydrogen-bond acceptors (Lipinski definition) is 10. The van der Waals surface area contributed by atoms with Crippen LogP contribution in [0.1, 0.15) is 24.0 Å². The highest BCUT2D eigenvalue weighted by Gasteiger charge is 2.29. The molecule has 3 aromatic rings. The van der Waals surface area contributed by atoms with Gasteiger partial charge in [-0.15, -0.1) is 0 Å². The highest BCUT2D eigenvalue weighted by atomic mass is 19.1. The number of halogens is 1. The van der Waals surface area contributed by atoms with Gasteiger partial charge >= 0.3 is 0 Å². The predicted octanol–water partition coefficient (Wildman–Crippen LogP) is 2.91. The van der Waals surface area contributed by atoms with E-state index in [1.54, 1.807) is 12.4 Å². The average Bonchev–Trinajstić information content (AvgIpc) is 3.43. The van der Waals surface area contributed by atoms with Crippen LogP contribution in [0.25, 0.3) is 11.3 Å². The largest absolute Gasteiger partial charge is 0.378 e. The lowest BCUT2D eigenvalue weighted by molar-refractivity contribution is 0.122. The van der Waals surface area contributed by atoms with E-state index in [1.807, 2.05) is 0 Å². The van der Waals surface area contributed by atoms with Crippen molar-refractivity contribution in [2.45, 2.75) is 25.8 Å². The van der Waals surface area contributed by atoms with Gasteiger partial charge in [0.2, 0.25) is 11.9 Å². The van der Waals surface area contributed by atoms with Crippen molar-refractivity contribution in [1.82, 2.24) is 29.7 Å². The molecule has 2 N–H and O–H groups in total.